The Morgan fingerprint density at radius 3 is 2.67 bits per heavy atom. The lowest BCUT2D eigenvalue weighted by Crippen LogP contribution is -2.20. The number of halogens is 2. The summed E-state index contributed by atoms with van der Waals surface area (Å²) in [5.74, 6) is 0.341. The largest absolute Gasteiger partial charge is 0.319 e. The van der Waals surface area contributed by atoms with Gasteiger partial charge in [0.05, 0.1) is 6.54 Å². The monoisotopic (exact) mass is 251 g/mol. The molecule has 1 N–H and O–H groups in total. The van der Waals surface area contributed by atoms with Crippen LogP contribution in [0.2, 0.25) is 0 Å². The molecule has 0 spiro atoms. The number of nitrogens with zero attached hydrogens (tertiary/aromatic N) is 2. The predicted octanol–water partition coefficient (Wildman–Crippen LogP) is 3.13. The SMILES string of the molecule is CC(NCc1nccn1C(F)F)c1ccccc1. The van der Waals surface area contributed by atoms with Crippen LogP contribution >= 0.6 is 0 Å². The van der Waals surface area contributed by atoms with Crippen molar-refractivity contribution in [3.8, 4) is 0 Å². The smallest absolute Gasteiger partial charge is 0.303 e. The van der Waals surface area contributed by atoms with Gasteiger partial charge in [-0.2, -0.15) is 8.78 Å². The van der Waals surface area contributed by atoms with E-state index < -0.39 is 6.55 Å². The lowest BCUT2D eigenvalue weighted by molar-refractivity contribution is 0.0665. The Morgan fingerprint density at radius 2 is 2.00 bits per heavy atom. The van der Waals surface area contributed by atoms with Crippen molar-refractivity contribution in [2.24, 2.45) is 0 Å². The summed E-state index contributed by atoms with van der Waals surface area (Å²) in [5, 5.41) is 3.18. The van der Waals surface area contributed by atoms with Crippen LogP contribution in [0.1, 0.15) is 30.9 Å². The number of nitrogens with one attached hydrogen (secondary N) is 1. The molecule has 2 aromatic rings. The highest BCUT2D eigenvalue weighted by molar-refractivity contribution is 5.18. The number of hydrogen-bond acceptors (Lipinski definition) is 2. The molecule has 5 heteroatoms. The Morgan fingerprint density at radius 1 is 1.28 bits per heavy atom. The minimum Gasteiger partial charge on any atom is -0.303 e. The first-order valence-corrected chi connectivity index (χ1v) is 5.76. The van der Waals surface area contributed by atoms with Crippen LogP contribution in [0, 0.1) is 0 Å². The van der Waals surface area contributed by atoms with E-state index >= 15 is 0 Å². The van der Waals surface area contributed by atoms with Crippen LogP contribution in [0.3, 0.4) is 0 Å². The lowest BCUT2D eigenvalue weighted by Gasteiger charge is -2.14. The molecular formula is C13H15F2N3. The van der Waals surface area contributed by atoms with Gasteiger partial charge in [-0.15, -0.1) is 0 Å². The van der Waals surface area contributed by atoms with Crippen LogP contribution in [0.4, 0.5) is 8.78 Å². The van der Waals surface area contributed by atoms with Gasteiger partial charge < -0.3 is 5.32 Å². The molecule has 0 aliphatic heterocycles. The number of aromatic nitrogens is 2. The maximum atomic E-state index is 12.6. The molecule has 3 nitrogen and oxygen atoms in total. The maximum absolute atomic E-state index is 12.6. The van der Waals surface area contributed by atoms with Crippen molar-refractivity contribution in [3.05, 3.63) is 54.1 Å². The second-order valence-electron chi connectivity index (χ2n) is 4.04. The summed E-state index contributed by atoms with van der Waals surface area (Å²) >= 11 is 0. The van der Waals surface area contributed by atoms with Gasteiger partial charge in [-0.3, -0.25) is 4.57 Å². The zero-order chi connectivity index (χ0) is 13.0. The van der Waals surface area contributed by atoms with Crippen molar-refractivity contribution >= 4 is 0 Å². The van der Waals surface area contributed by atoms with Gasteiger partial charge in [0, 0.05) is 18.4 Å². The second-order valence-corrected chi connectivity index (χ2v) is 4.04. The number of alkyl halides is 2. The van der Waals surface area contributed by atoms with Crippen molar-refractivity contribution in [1.29, 1.82) is 0 Å². The van der Waals surface area contributed by atoms with E-state index in [-0.39, 0.29) is 6.04 Å². The van der Waals surface area contributed by atoms with Gasteiger partial charge in [-0.25, -0.2) is 4.98 Å². The van der Waals surface area contributed by atoms with Gasteiger partial charge in [-0.1, -0.05) is 30.3 Å². The Balaban J connectivity index is 1.97. The van der Waals surface area contributed by atoms with Crippen molar-refractivity contribution in [2.75, 3.05) is 0 Å². The van der Waals surface area contributed by atoms with Crippen LogP contribution < -0.4 is 5.32 Å². The van der Waals surface area contributed by atoms with Crippen LogP contribution in [0.15, 0.2) is 42.7 Å². The number of rotatable bonds is 5. The number of imidazole rings is 1. The predicted molar refractivity (Wildman–Crippen MR) is 65.2 cm³/mol. The van der Waals surface area contributed by atoms with Gasteiger partial charge in [0.15, 0.2) is 0 Å². The molecular weight excluding hydrogens is 236 g/mol. The molecule has 0 radical (unpaired) electrons. The Hall–Kier alpha value is -1.75. The summed E-state index contributed by atoms with van der Waals surface area (Å²) in [5.41, 5.74) is 1.12. The molecule has 0 amide bonds. The molecule has 0 aliphatic carbocycles. The van der Waals surface area contributed by atoms with E-state index in [0.717, 1.165) is 10.1 Å². The van der Waals surface area contributed by atoms with E-state index in [9.17, 15) is 8.78 Å². The fourth-order valence-corrected chi connectivity index (χ4v) is 1.76. The fraction of sp³-hybridized carbons (Fsp3) is 0.308. The average Bonchev–Trinajstić information content (AvgIpc) is 2.85. The van der Waals surface area contributed by atoms with Crippen molar-refractivity contribution in [3.63, 3.8) is 0 Å². The topological polar surface area (TPSA) is 29.9 Å². The Bertz CT molecular complexity index is 482. The summed E-state index contributed by atoms with van der Waals surface area (Å²) < 4.78 is 26.1. The second kappa shape index (κ2) is 5.73. The molecule has 2 rings (SSSR count). The molecule has 1 aromatic carbocycles. The van der Waals surface area contributed by atoms with Crippen molar-refractivity contribution < 1.29 is 8.78 Å². The van der Waals surface area contributed by atoms with Crippen molar-refractivity contribution in [2.45, 2.75) is 26.1 Å². The van der Waals surface area contributed by atoms with Crippen LogP contribution in [-0.4, -0.2) is 9.55 Å². The molecule has 96 valence electrons. The quantitative estimate of drug-likeness (QED) is 0.884. The zero-order valence-electron chi connectivity index (χ0n) is 10.1. The Kier molecular flexibility index (Phi) is 4.04. The standard InChI is InChI=1S/C13H15F2N3/c1-10(11-5-3-2-4-6-11)17-9-12-16-7-8-18(12)13(14)15/h2-8,10,13,17H,9H2,1H3. The third kappa shape index (κ3) is 2.92. The zero-order valence-corrected chi connectivity index (χ0v) is 10.1. The highest BCUT2D eigenvalue weighted by Crippen LogP contribution is 2.15. The van der Waals surface area contributed by atoms with Gasteiger partial charge >= 0.3 is 6.55 Å². The summed E-state index contributed by atoms with van der Waals surface area (Å²) in [6, 6.07) is 9.93. The first kappa shape index (κ1) is 12.7. The number of hydrogen-bond donors (Lipinski definition) is 1. The van der Waals surface area contributed by atoms with Crippen LogP contribution in [0.25, 0.3) is 0 Å². The third-order valence-electron chi connectivity index (χ3n) is 2.83. The van der Waals surface area contributed by atoms with Crippen molar-refractivity contribution in [1.82, 2.24) is 14.9 Å². The highest BCUT2D eigenvalue weighted by atomic mass is 19.3. The first-order chi connectivity index (χ1) is 8.68. The molecule has 1 heterocycles. The van der Waals surface area contributed by atoms with Crippen LogP contribution in [-0.2, 0) is 6.54 Å². The molecule has 0 aliphatic rings. The van der Waals surface area contributed by atoms with E-state index in [1.54, 1.807) is 0 Å². The summed E-state index contributed by atoms with van der Waals surface area (Å²) in [4.78, 5) is 3.92. The molecule has 18 heavy (non-hydrogen) atoms. The van der Waals surface area contributed by atoms with Crippen LogP contribution in [0.5, 0.6) is 0 Å². The Labute approximate surface area is 104 Å². The normalized spacial score (nSPS) is 12.9. The molecule has 0 fully saturated rings. The maximum Gasteiger partial charge on any atom is 0.319 e. The molecule has 1 atom stereocenters. The molecule has 1 unspecified atom stereocenters. The lowest BCUT2D eigenvalue weighted by atomic mass is 10.1. The van der Waals surface area contributed by atoms with Gasteiger partial charge in [0.25, 0.3) is 0 Å². The fourth-order valence-electron chi connectivity index (χ4n) is 1.76. The summed E-state index contributed by atoms with van der Waals surface area (Å²) in [7, 11) is 0. The van der Waals surface area contributed by atoms with E-state index in [1.807, 2.05) is 37.3 Å². The summed E-state index contributed by atoms with van der Waals surface area (Å²) in [6.07, 6.45) is 2.67. The van der Waals surface area contributed by atoms with E-state index in [1.165, 1.54) is 12.4 Å². The minimum absolute atomic E-state index is 0.0917. The molecule has 0 saturated heterocycles. The van der Waals surface area contributed by atoms with E-state index in [0.29, 0.717) is 12.4 Å². The van der Waals surface area contributed by atoms with E-state index in [2.05, 4.69) is 10.3 Å². The number of benzene rings is 1. The third-order valence-corrected chi connectivity index (χ3v) is 2.83. The minimum atomic E-state index is -2.55. The first-order valence-electron chi connectivity index (χ1n) is 5.76. The molecule has 0 bridgehead atoms. The highest BCUT2D eigenvalue weighted by Gasteiger charge is 2.12. The summed E-state index contributed by atoms with van der Waals surface area (Å²) in [6.45, 7) is -0.241. The van der Waals surface area contributed by atoms with Gasteiger partial charge in [0.2, 0.25) is 0 Å². The average molecular weight is 251 g/mol. The van der Waals surface area contributed by atoms with E-state index in [4.69, 9.17) is 0 Å². The molecule has 1 aromatic heterocycles. The van der Waals surface area contributed by atoms with Gasteiger partial charge in [-0.05, 0) is 12.5 Å². The van der Waals surface area contributed by atoms with Gasteiger partial charge in [0.1, 0.15) is 5.82 Å². The molecule has 0 saturated carbocycles.